The number of amides is 1. The molecule has 3 aromatic rings. The van der Waals surface area contributed by atoms with Gasteiger partial charge in [0.25, 0.3) is 5.91 Å². The number of aryl methyl sites for hydroxylation is 1. The molecule has 27 heavy (non-hydrogen) atoms. The summed E-state index contributed by atoms with van der Waals surface area (Å²) in [5.41, 5.74) is 1.79. The lowest BCUT2D eigenvalue weighted by Crippen LogP contribution is -2.49. The van der Waals surface area contributed by atoms with E-state index >= 15 is 0 Å². The van der Waals surface area contributed by atoms with Crippen LogP contribution in [0.15, 0.2) is 36.4 Å². The topological polar surface area (TPSA) is 84.7 Å². The molecular weight excluding hydrogens is 366 g/mol. The van der Waals surface area contributed by atoms with E-state index in [1.54, 1.807) is 4.90 Å². The summed E-state index contributed by atoms with van der Waals surface area (Å²) in [6.07, 6.45) is -0.118. The van der Waals surface area contributed by atoms with Crippen molar-refractivity contribution in [1.82, 2.24) is 14.7 Å². The van der Waals surface area contributed by atoms with Gasteiger partial charge in [0.1, 0.15) is 4.83 Å². The van der Waals surface area contributed by atoms with E-state index in [1.165, 1.54) is 11.3 Å². The molecule has 0 radical (unpaired) electrons. The minimum absolute atomic E-state index is 0.118. The number of benzene rings is 1. The summed E-state index contributed by atoms with van der Waals surface area (Å²) >= 11 is 1.38. The fraction of sp³-hybridized carbons (Fsp3) is 0.316. The molecule has 7 nitrogen and oxygen atoms in total. The third-order valence-electron chi connectivity index (χ3n) is 4.65. The van der Waals surface area contributed by atoms with Crippen molar-refractivity contribution in [2.24, 2.45) is 0 Å². The highest BCUT2D eigenvalue weighted by Gasteiger charge is 2.31. The van der Waals surface area contributed by atoms with Crippen molar-refractivity contribution in [3.63, 3.8) is 0 Å². The molecule has 1 unspecified atom stereocenters. The highest BCUT2D eigenvalue weighted by Crippen LogP contribution is 2.31. The number of morpholine rings is 1. The third-order valence-corrected chi connectivity index (χ3v) is 5.75. The number of carboxylic acid groups (broad SMARTS) is 1. The number of carboxylic acids is 1. The van der Waals surface area contributed by atoms with E-state index in [0.29, 0.717) is 18.0 Å². The van der Waals surface area contributed by atoms with Crippen molar-refractivity contribution in [2.75, 3.05) is 19.8 Å². The van der Waals surface area contributed by atoms with Crippen LogP contribution in [0.4, 0.5) is 0 Å². The van der Waals surface area contributed by atoms with Crippen LogP contribution >= 0.6 is 11.3 Å². The van der Waals surface area contributed by atoms with Crippen molar-refractivity contribution in [2.45, 2.75) is 19.4 Å². The molecule has 0 aliphatic carbocycles. The molecule has 0 saturated carbocycles. The normalized spacial score (nSPS) is 17.4. The number of ether oxygens (including phenoxy) is 1. The lowest BCUT2D eigenvalue weighted by atomic mass is 10.1. The standard InChI is InChI=1S/C19H19N3O4S/c1-12-15-10-16(18(25)21-7-8-26-11-14(21)9-17(23)24)27-19(15)22(20-12)13-5-3-2-4-6-13/h2-6,10,14H,7-9,11H2,1H3,(H,23,24). The second kappa shape index (κ2) is 7.13. The van der Waals surface area contributed by atoms with Gasteiger partial charge in [-0.05, 0) is 25.1 Å². The predicted octanol–water partition coefficient (Wildman–Crippen LogP) is 2.71. The van der Waals surface area contributed by atoms with Crippen LogP contribution in [0.5, 0.6) is 0 Å². The number of aliphatic carboxylic acids is 1. The van der Waals surface area contributed by atoms with Gasteiger partial charge in [-0.3, -0.25) is 9.59 Å². The van der Waals surface area contributed by atoms with Gasteiger partial charge in [-0.1, -0.05) is 18.2 Å². The van der Waals surface area contributed by atoms with Crippen molar-refractivity contribution < 1.29 is 19.4 Å². The summed E-state index contributed by atoms with van der Waals surface area (Å²) in [7, 11) is 0. The fourth-order valence-electron chi connectivity index (χ4n) is 3.33. The quantitative estimate of drug-likeness (QED) is 0.746. The van der Waals surface area contributed by atoms with Gasteiger partial charge in [-0.2, -0.15) is 5.10 Å². The Labute approximate surface area is 159 Å². The number of para-hydroxylation sites is 1. The summed E-state index contributed by atoms with van der Waals surface area (Å²) < 4.78 is 7.22. The van der Waals surface area contributed by atoms with Gasteiger partial charge in [0.15, 0.2) is 0 Å². The molecule has 1 aliphatic rings. The SMILES string of the molecule is Cc1nn(-c2ccccc2)c2sc(C(=O)N3CCOCC3CC(=O)O)cc12. The van der Waals surface area contributed by atoms with E-state index < -0.39 is 12.0 Å². The molecule has 140 valence electrons. The fourth-order valence-corrected chi connectivity index (χ4v) is 4.47. The van der Waals surface area contributed by atoms with Gasteiger partial charge in [0, 0.05) is 11.9 Å². The molecule has 1 atom stereocenters. The molecule has 1 aromatic carbocycles. The van der Waals surface area contributed by atoms with Gasteiger partial charge in [0.05, 0.1) is 41.9 Å². The molecule has 1 aliphatic heterocycles. The molecule has 1 amide bonds. The molecule has 8 heteroatoms. The summed E-state index contributed by atoms with van der Waals surface area (Å²) in [5.74, 6) is -1.08. The minimum atomic E-state index is -0.935. The zero-order valence-corrected chi connectivity index (χ0v) is 15.6. The number of aromatic nitrogens is 2. The molecule has 1 N–H and O–H groups in total. The molecule has 2 aromatic heterocycles. The van der Waals surface area contributed by atoms with Crippen LogP contribution in [0, 0.1) is 6.92 Å². The number of carbonyl (C=O) groups excluding carboxylic acids is 1. The Morgan fingerprint density at radius 3 is 2.85 bits per heavy atom. The summed E-state index contributed by atoms with van der Waals surface area (Å²) in [4.78, 5) is 27.3. The van der Waals surface area contributed by atoms with Crippen molar-refractivity contribution >= 4 is 33.4 Å². The minimum Gasteiger partial charge on any atom is -0.481 e. The van der Waals surface area contributed by atoms with Gasteiger partial charge >= 0.3 is 5.97 Å². The lowest BCUT2D eigenvalue weighted by Gasteiger charge is -2.34. The van der Waals surface area contributed by atoms with Crippen molar-refractivity contribution in [3.8, 4) is 5.69 Å². The van der Waals surface area contributed by atoms with Crippen LogP contribution in [0.1, 0.15) is 21.8 Å². The van der Waals surface area contributed by atoms with Crippen LogP contribution in [0.3, 0.4) is 0 Å². The highest BCUT2D eigenvalue weighted by atomic mass is 32.1. The van der Waals surface area contributed by atoms with Crippen LogP contribution in [-0.4, -0.2) is 57.5 Å². The van der Waals surface area contributed by atoms with Gasteiger partial charge in [-0.15, -0.1) is 11.3 Å². The Hall–Kier alpha value is -2.71. The average molecular weight is 385 g/mol. The smallest absolute Gasteiger partial charge is 0.305 e. The lowest BCUT2D eigenvalue weighted by molar-refractivity contribution is -0.139. The number of nitrogens with zero attached hydrogens (tertiary/aromatic N) is 3. The Kier molecular flexibility index (Phi) is 4.67. The summed E-state index contributed by atoms with van der Waals surface area (Å²) in [5, 5.41) is 14.6. The van der Waals surface area contributed by atoms with E-state index in [4.69, 9.17) is 9.84 Å². The van der Waals surface area contributed by atoms with E-state index in [0.717, 1.165) is 21.6 Å². The number of thiophene rings is 1. The first-order valence-corrected chi connectivity index (χ1v) is 9.51. The van der Waals surface area contributed by atoms with E-state index in [2.05, 4.69) is 5.10 Å². The molecule has 0 bridgehead atoms. The second-order valence-corrected chi connectivity index (χ2v) is 7.52. The number of fused-ring (bicyclic) bond motifs is 1. The Balaban J connectivity index is 1.69. The van der Waals surface area contributed by atoms with E-state index in [1.807, 2.05) is 48.0 Å². The number of hydrogen-bond donors (Lipinski definition) is 1. The second-order valence-electron chi connectivity index (χ2n) is 6.49. The van der Waals surface area contributed by atoms with Crippen LogP contribution in [0.2, 0.25) is 0 Å². The highest BCUT2D eigenvalue weighted by molar-refractivity contribution is 7.20. The Morgan fingerprint density at radius 1 is 1.33 bits per heavy atom. The molecular formula is C19H19N3O4S. The van der Waals surface area contributed by atoms with Gasteiger partial charge in [0.2, 0.25) is 0 Å². The first-order chi connectivity index (χ1) is 13.0. The first-order valence-electron chi connectivity index (χ1n) is 8.69. The maximum Gasteiger partial charge on any atom is 0.305 e. The molecule has 1 fully saturated rings. The summed E-state index contributed by atoms with van der Waals surface area (Å²) in [6.45, 7) is 2.99. The first kappa shape index (κ1) is 17.7. The molecule has 1 saturated heterocycles. The van der Waals surface area contributed by atoms with Gasteiger partial charge < -0.3 is 14.7 Å². The zero-order valence-electron chi connectivity index (χ0n) is 14.8. The maximum absolute atomic E-state index is 13.1. The Bertz CT molecular complexity index is 995. The predicted molar refractivity (Wildman–Crippen MR) is 102 cm³/mol. The van der Waals surface area contributed by atoms with Gasteiger partial charge in [-0.25, -0.2) is 4.68 Å². The van der Waals surface area contributed by atoms with E-state index in [-0.39, 0.29) is 18.9 Å². The number of carbonyl (C=O) groups is 2. The zero-order chi connectivity index (χ0) is 19.0. The number of rotatable bonds is 4. The van der Waals surface area contributed by atoms with Crippen LogP contribution in [-0.2, 0) is 9.53 Å². The average Bonchev–Trinajstić information content (AvgIpc) is 3.23. The van der Waals surface area contributed by atoms with Crippen LogP contribution < -0.4 is 0 Å². The van der Waals surface area contributed by atoms with E-state index in [9.17, 15) is 9.59 Å². The number of hydrogen-bond acceptors (Lipinski definition) is 5. The van der Waals surface area contributed by atoms with Crippen molar-refractivity contribution in [1.29, 1.82) is 0 Å². The molecule has 0 spiro atoms. The Morgan fingerprint density at radius 2 is 2.11 bits per heavy atom. The van der Waals surface area contributed by atoms with Crippen molar-refractivity contribution in [3.05, 3.63) is 47.0 Å². The largest absolute Gasteiger partial charge is 0.481 e. The summed E-state index contributed by atoms with van der Waals surface area (Å²) in [6, 6.07) is 11.2. The third kappa shape index (κ3) is 3.33. The molecule has 3 heterocycles. The monoisotopic (exact) mass is 385 g/mol. The van der Waals surface area contributed by atoms with Crippen LogP contribution in [0.25, 0.3) is 15.9 Å². The maximum atomic E-state index is 13.1. The molecule has 4 rings (SSSR count).